The Morgan fingerprint density at radius 1 is 1.00 bits per heavy atom. The predicted octanol–water partition coefficient (Wildman–Crippen LogP) is 1.63. The Labute approximate surface area is 169 Å². The van der Waals surface area contributed by atoms with E-state index in [1.165, 1.54) is 11.3 Å². The van der Waals surface area contributed by atoms with Crippen LogP contribution in [0.5, 0.6) is 0 Å². The fraction of sp³-hybridized carbons (Fsp3) is 0.650. The van der Waals surface area contributed by atoms with E-state index in [-0.39, 0.29) is 23.9 Å². The number of carbonyl (C=O) groups excluding carboxylic acids is 3. The molecule has 152 valence electrons. The van der Waals surface area contributed by atoms with Crippen molar-refractivity contribution in [1.82, 2.24) is 14.7 Å². The number of thiophene rings is 1. The van der Waals surface area contributed by atoms with Crippen LogP contribution in [0.25, 0.3) is 0 Å². The Hall–Kier alpha value is -2.09. The summed E-state index contributed by atoms with van der Waals surface area (Å²) in [6.07, 6.45) is 2.65. The Bertz CT molecular complexity index is 828. The third kappa shape index (κ3) is 3.07. The van der Waals surface area contributed by atoms with Gasteiger partial charge < -0.3 is 20.4 Å². The van der Waals surface area contributed by atoms with E-state index in [9.17, 15) is 14.4 Å². The van der Waals surface area contributed by atoms with E-state index < -0.39 is 5.91 Å². The molecule has 3 amide bonds. The Balaban J connectivity index is 1.42. The minimum atomic E-state index is -0.406. The molecule has 3 aliphatic rings. The van der Waals surface area contributed by atoms with Crippen molar-refractivity contribution in [3.8, 4) is 0 Å². The van der Waals surface area contributed by atoms with Crippen LogP contribution in [0.3, 0.4) is 0 Å². The molecule has 0 radical (unpaired) electrons. The number of hydrogen-bond donors (Lipinski definition) is 1. The maximum atomic E-state index is 13.1. The first-order valence-electron chi connectivity index (χ1n) is 10.0. The highest BCUT2D eigenvalue weighted by Crippen LogP contribution is 2.36. The summed E-state index contributed by atoms with van der Waals surface area (Å²) in [6.45, 7) is 8.32. The van der Waals surface area contributed by atoms with Crippen LogP contribution >= 0.6 is 11.3 Å². The number of likely N-dealkylation sites (tertiary alicyclic amines) is 3. The normalized spacial score (nSPS) is 24.9. The molecule has 7 nitrogen and oxygen atoms in total. The summed E-state index contributed by atoms with van der Waals surface area (Å²) in [6, 6.07) is -0.106. The molecule has 3 saturated heterocycles. The second-order valence-corrected chi connectivity index (χ2v) is 9.71. The SMILES string of the molecule is Cc1sc(N)c(C(=O)N2C[C@@H]3C[C@H]2CN3C(=O)C(=O)N2CCC(C)CC2)c1C. The Kier molecular flexibility index (Phi) is 4.85. The van der Waals surface area contributed by atoms with Crippen molar-refractivity contribution in [3.63, 3.8) is 0 Å². The summed E-state index contributed by atoms with van der Waals surface area (Å²) in [4.78, 5) is 44.8. The van der Waals surface area contributed by atoms with Crippen LogP contribution in [0.4, 0.5) is 5.00 Å². The molecule has 1 aromatic heterocycles. The van der Waals surface area contributed by atoms with Crippen LogP contribution in [0.2, 0.25) is 0 Å². The number of rotatable bonds is 1. The van der Waals surface area contributed by atoms with Gasteiger partial charge in [-0.05, 0) is 44.6 Å². The predicted molar refractivity (Wildman–Crippen MR) is 108 cm³/mol. The van der Waals surface area contributed by atoms with Gasteiger partial charge in [0.2, 0.25) is 0 Å². The third-order valence-corrected chi connectivity index (χ3v) is 7.68. The van der Waals surface area contributed by atoms with Crippen molar-refractivity contribution < 1.29 is 14.4 Å². The van der Waals surface area contributed by atoms with Crippen LogP contribution in [0, 0.1) is 19.8 Å². The van der Waals surface area contributed by atoms with Crippen LogP contribution in [0.1, 0.15) is 47.0 Å². The highest BCUT2D eigenvalue weighted by atomic mass is 32.1. The highest BCUT2D eigenvalue weighted by molar-refractivity contribution is 7.16. The van der Waals surface area contributed by atoms with Crippen LogP contribution in [0.15, 0.2) is 0 Å². The molecule has 0 aromatic carbocycles. The van der Waals surface area contributed by atoms with Gasteiger partial charge in [-0.15, -0.1) is 11.3 Å². The minimum absolute atomic E-state index is 0.0327. The van der Waals surface area contributed by atoms with Gasteiger partial charge in [-0.2, -0.15) is 0 Å². The summed E-state index contributed by atoms with van der Waals surface area (Å²) >= 11 is 1.44. The maximum Gasteiger partial charge on any atom is 0.312 e. The molecule has 3 aliphatic heterocycles. The molecule has 2 N–H and O–H groups in total. The summed E-state index contributed by atoms with van der Waals surface area (Å²) in [5, 5.41) is 0.560. The van der Waals surface area contributed by atoms with Crippen molar-refractivity contribution >= 4 is 34.1 Å². The number of aryl methyl sites for hydroxylation is 1. The zero-order valence-electron chi connectivity index (χ0n) is 16.7. The number of piperidine rings is 1. The molecule has 4 heterocycles. The lowest BCUT2D eigenvalue weighted by Gasteiger charge is -2.36. The number of nitrogens with two attached hydrogens (primary N) is 1. The molecule has 3 fully saturated rings. The molecular formula is C20H28N4O3S. The monoisotopic (exact) mass is 404 g/mol. The Morgan fingerprint density at radius 2 is 1.61 bits per heavy atom. The lowest BCUT2D eigenvalue weighted by molar-refractivity contribution is -0.153. The average Bonchev–Trinajstić information content (AvgIpc) is 3.34. The fourth-order valence-corrected chi connectivity index (χ4v) is 5.62. The van der Waals surface area contributed by atoms with Crippen molar-refractivity contribution in [2.75, 3.05) is 31.9 Å². The number of fused-ring (bicyclic) bond motifs is 2. The van der Waals surface area contributed by atoms with Crippen molar-refractivity contribution in [1.29, 1.82) is 0 Å². The van der Waals surface area contributed by atoms with Crippen molar-refractivity contribution in [2.45, 2.75) is 52.1 Å². The molecule has 0 aliphatic carbocycles. The van der Waals surface area contributed by atoms with Gasteiger partial charge in [0.15, 0.2) is 0 Å². The molecule has 28 heavy (non-hydrogen) atoms. The second-order valence-electron chi connectivity index (χ2n) is 8.46. The Morgan fingerprint density at radius 3 is 2.14 bits per heavy atom. The van der Waals surface area contributed by atoms with E-state index >= 15 is 0 Å². The maximum absolute atomic E-state index is 13.1. The number of anilines is 1. The van der Waals surface area contributed by atoms with Gasteiger partial charge >= 0.3 is 11.8 Å². The first-order chi connectivity index (χ1) is 13.3. The third-order valence-electron chi connectivity index (χ3n) is 6.64. The van der Waals surface area contributed by atoms with Gasteiger partial charge in [0, 0.05) is 31.1 Å². The topological polar surface area (TPSA) is 87.0 Å². The molecule has 2 bridgehead atoms. The number of hydrogen-bond acceptors (Lipinski definition) is 5. The van der Waals surface area contributed by atoms with Gasteiger partial charge in [-0.25, -0.2) is 0 Å². The summed E-state index contributed by atoms with van der Waals surface area (Å²) in [7, 11) is 0. The van der Waals surface area contributed by atoms with Gasteiger partial charge in [-0.3, -0.25) is 14.4 Å². The second kappa shape index (κ2) is 7.06. The number of amides is 3. The van der Waals surface area contributed by atoms with E-state index in [0.29, 0.717) is 42.7 Å². The van der Waals surface area contributed by atoms with E-state index in [1.807, 2.05) is 18.7 Å². The molecule has 0 spiro atoms. The first kappa shape index (κ1) is 19.2. The number of nitrogen functional groups attached to an aromatic ring is 1. The number of piperazine rings is 1. The number of nitrogens with zero attached hydrogens (tertiary/aromatic N) is 3. The van der Waals surface area contributed by atoms with E-state index in [1.54, 1.807) is 9.80 Å². The summed E-state index contributed by atoms with van der Waals surface area (Å²) in [5.74, 6) is -0.226. The minimum Gasteiger partial charge on any atom is -0.390 e. The largest absolute Gasteiger partial charge is 0.390 e. The van der Waals surface area contributed by atoms with Gasteiger partial charge in [0.1, 0.15) is 0 Å². The zero-order chi connectivity index (χ0) is 20.2. The molecule has 0 saturated carbocycles. The lowest BCUT2D eigenvalue weighted by atomic mass is 9.99. The smallest absolute Gasteiger partial charge is 0.312 e. The average molecular weight is 405 g/mol. The van der Waals surface area contributed by atoms with Crippen molar-refractivity contribution in [2.24, 2.45) is 5.92 Å². The van der Waals surface area contributed by atoms with E-state index in [4.69, 9.17) is 5.73 Å². The molecule has 0 unspecified atom stereocenters. The fourth-order valence-electron chi connectivity index (χ4n) is 4.70. The van der Waals surface area contributed by atoms with Gasteiger partial charge in [0.25, 0.3) is 5.91 Å². The zero-order valence-corrected chi connectivity index (χ0v) is 17.6. The summed E-state index contributed by atoms with van der Waals surface area (Å²) in [5.41, 5.74) is 7.62. The molecular weight excluding hydrogens is 376 g/mol. The van der Waals surface area contributed by atoms with Gasteiger partial charge in [0.05, 0.1) is 22.6 Å². The molecule has 8 heteroatoms. The van der Waals surface area contributed by atoms with Crippen LogP contribution in [-0.2, 0) is 9.59 Å². The van der Waals surface area contributed by atoms with Crippen molar-refractivity contribution in [3.05, 3.63) is 16.0 Å². The quantitative estimate of drug-likeness (QED) is 0.721. The van der Waals surface area contributed by atoms with Crippen LogP contribution in [-0.4, -0.2) is 70.7 Å². The van der Waals surface area contributed by atoms with Crippen LogP contribution < -0.4 is 5.73 Å². The lowest BCUT2D eigenvalue weighted by Crippen LogP contribution is -2.55. The molecule has 4 rings (SSSR count). The first-order valence-corrected chi connectivity index (χ1v) is 10.9. The highest BCUT2D eigenvalue weighted by Gasteiger charge is 2.49. The standard InChI is InChI=1S/C20H28N4O3S/c1-11-4-6-22(7-5-11)19(26)20(27)24-10-14-8-15(24)9-23(14)18(25)16-12(2)13(3)28-17(16)21/h11,14-15H,4-10,21H2,1-3H3/t14-,15-/m0/s1. The van der Waals surface area contributed by atoms with Gasteiger partial charge in [-0.1, -0.05) is 6.92 Å². The van der Waals surface area contributed by atoms with E-state index in [0.717, 1.165) is 29.7 Å². The summed E-state index contributed by atoms with van der Waals surface area (Å²) < 4.78 is 0. The number of carbonyl (C=O) groups is 3. The van der Waals surface area contributed by atoms with E-state index in [2.05, 4.69) is 6.92 Å². The molecule has 1 aromatic rings. The molecule has 2 atom stereocenters.